The van der Waals surface area contributed by atoms with Gasteiger partial charge >= 0.3 is 0 Å². The van der Waals surface area contributed by atoms with Gasteiger partial charge in [-0.25, -0.2) is 9.13 Å². The SMILES string of the molecule is CCCCCCCCCCCCCCCC(C)n1cc[n+](CCCCCCCCCCCCCCC)c1. The van der Waals surface area contributed by atoms with Crippen molar-refractivity contribution in [2.45, 2.75) is 207 Å². The molecule has 1 aromatic heterocycles. The number of hydrogen-bond donors (Lipinski definition) is 0. The smallest absolute Gasteiger partial charge is 0.237 e. The third-order valence-corrected chi connectivity index (χ3v) is 8.47. The number of imidazole rings is 1. The van der Waals surface area contributed by atoms with Crippen molar-refractivity contribution in [1.82, 2.24) is 4.57 Å². The van der Waals surface area contributed by atoms with Crippen molar-refractivity contribution < 1.29 is 4.57 Å². The van der Waals surface area contributed by atoms with E-state index in [4.69, 9.17) is 0 Å². The molecule has 1 rings (SSSR count). The topological polar surface area (TPSA) is 8.81 Å². The summed E-state index contributed by atoms with van der Waals surface area (Å²) in [4.78, 5) is 0. The van der Waals surface area contributed by atoms with Crippen LogP contribution in [0.3, 0.4) is 0 Å². The largest absolute Gasteiger partial charge is 0.243 e. The maximum Gasteiger partial charge on any atom is 0.243 e. The molecule has 1 unspecified atom stereocenters. The molecule has 1 heterocycles. The summed E-state index contributed by atoms with van der Waals surface area (Å²) in [6, 6.07) is 0.639. The second-order valence-electron chi connectivity index (χ2n) is 12.2. The highest BCUT2D eigenvalue weighted by Crippen LogP contribution is 2.17. The van der Waals surface area contributed by atoms with Gasteiger partial charge in [-0.2, -0.15) is 0 Å². The van der Waals surface area contributed by atoms with Crippen molar-refractivity contribution in [2.75, 3.05) is 0 Å². The summed E-state index contributed by atoms with van der Waals surface area (Å²) in [5.41, 5.74) is 0. The first-order valence-electron chi connectivity index (χ1n) is 17.3. The first kappa shape index (κ1) is 34.2. The lowest BCUT2D eigenvalue weighted by molar-refractivity contribution is -0.697. The van der Waals surface area contributed by atoms with Gasteiger partial charge in [0.2, 0.25) is 6.33 Å². The summed E-state index contributed by atoms with van der Waals surface area (Å²) in [5, 5.41) is 0. The molecule has 0 N–H and O–H groups in total. The summed E-state index contributed by atoms with van der Waals surface area (Å²) in [6.45, 7) is 8.20. The molecule has 0 aliphatic heterocycles. The van der Waals surface area contributed by atoms with Crippen molar-refractivity contribution in [3.05, 3.63) is 18.7 Å². The lowest BCUT2D eigenvalue weighted by Crippen LogP contribution is -2.31. The zero-order valence-corrected chi connectivity index (χ0v) is 26.0. The average Bonchev–Trinajstić information content (AvgIpc) is 3.38. The first-order chi connectivity index (χ1) is 18.3. The molecule has 2 heteroatoms. The van der Waals surface area contributed by atoms with E-state index in [1.54, 1.807) is 0 Å². The normalized spacial score (nSPS) is 12.4. The Morgan fingerprint density at radius 2 is 0.838 bits per heavy atom. The van der Waals surface area contributed by atoms with Crippen LogP contribution in [0.2, 0.25) is 0 Å². The lowest BCUT2D eigenvalue weighted by Gasteiger charge is -2.08. The Morgan fingerprint density at radius 1 is 0.486 bits per heavy atom. The van der Waals surface area contributed by atoms with Gasteiger partial charge in [-0.15, -0.1) is 0 Å². The van der Waals surface area contributed by atoms with E-state index in [1.807, 2.05) is 0 Å². The highest BCUT2D eigenvalue weighted by molar-refractivity contribution is 4.72. The minimum absolute atomic E-state index is 0.639. The predicted molar refractivity (Wildman–Crippen MR) is 165 cm³/mol. The second-order valence-corrected chi connectivity index (χ2v) is 12.2. The molecule has 2 nitrogen and oxygen atoms in total. The van der Waals surface area contributed by atoms with Gasteiger partial charge in [0.05, 0.1) is 12.6 Å². The van der Waals surface area contributed by atoms with Gasteiger partial charge in [-0.05, 0) is 32.6 Å². The van der Waals surface area contributed by atoms with Crippen molar-refractivity contribution in [1.29, 1.82) is 0 Å². The molecule has 0 saturated heterocycles. The minimum Gasteiger partial charge on any atom is -0.237 e. The molecule has 0 spiro atoms. The standard InChI is InChI=1S/C35H69N2/c1-4-6-8-10-12-14-16-18-20-22-24-26-28-30-35(3)37-33-32-36(34-37)31-29-27-25-23-21-19-17-15-13-11-9-7-5-2/h32-35H,4-31H2,1-3H3/q+1. The van der Waals surface area contributed by atoms with Crippen LogP contribution in [0.5, 0.6) is 0 Å². The summed E-state index contributed by atoms with van der Waals surface area (Å²) >= 11 is 0. The highest BCUT2D eigenvalue weighted by atomic mass is 15.1. The minimum atomic E-state index is 0.639. The van der Waals surface area contributed by atoms with Gasteiger partial charge in [-0.1, -0.05) is 162 Å². The lowest BCUT2D eigenvalue weighted by atomic mass is 10.0. The van der Waals surface area contributed by atoms with Gasteiger partial charge in [0.15, 0.2) is 0 Å². The van der Waals surface area contributed by atoms with Crippen molar-refractivity contribution >= 4 is 0 Å². The van der Waals surface area contributed by atoms with E-state index in [-0.39, 0.29) is 0 Å². The van der Waals surface area contributed by atoms with Gasteiger partial charge in [0.25, 0.3) is 0 Å². The summed E-state index contributed by atoms with van der Waals surface area (Å²) in [7, 11) is 0. The zero-order valence-electron chi connectivity index (χ0n) is 26.0. The quantitative estimate of drug-likeness (QED) is 0.0737. The van der Waals surface area contributed by atoms with Crippen LogP contribution >= 0.6 is 0 Å². The van der Waals surface area contributed by atoms with Crippen molar-refractivity contribution in [2.24, 2.45) is 0 Å². The van der Waals surface area contributed by atoms with Crippen LogP contribution in [-0.4, -0.2) is 4.57 Å². The third-order valence-electron chi connectivity index (χ3n) is 8.47. The maximum atomic E-state index is 2.45. The Balaban J connectivity index is 1.89. The van der Waals surface area contributed by atoms with Crippen LogP contribution < -0.4 is 4.57 Å². The maximum absolute atomic E-state index is 2.45. The molecule has 37 heavy (non-hydrogen) atoms. The fourth-order valence-corrected chi connectivity index (χ4v) is 5.72. The summed E-state index contributed by atoms with van der Waals surface area (Å²) in [5.74, 6) is 0. The van der Waals surface area contributed by atoms with E-state index in [0.717, 1.165) is 0 Å². The Bertz CT molecular complexity index is 563. The number of rotatable bonds is 29. The number of aromatic nitrogens is 2. The van der Waals surface area contributed by atoms with Gasteiger partial charge in [0.1, 0.15) is 12.4 Å². The van der Waals surface area contributed by atoms with Crippen molar-refractivity contribution in [3.8, 4) is 0 Å². The predicted octanol–water partition coefficient (Wildman–Crippen LogP) is 11.9. The van der Waals surface area contributed by atoms with Crippen molar-refractivity contribution in [3.63, 3.8) is 0 Å². The molecule has 0 amide bonds. The zero-order chi connectivity index (χ0) is 26.7. The third kappa shape index (κ3) is 21.8. The first-order valence-corrected chi connectivity index (χ1v) is 17.3. The van der Waals surface area contributed by atoms with Crippen LogP contribution in [0.25, 0.3) is 0 Å². The highest BCUT2D eigenvalue weighted by Gasteiger charge is 2.11. The second kappa shape index (κ2) is 26.8. The number of nitrogens with zero attached hydrogens (tertiary/aromatic N) is 2. The molecule has 0 aliphatic carbocycles. The van der Waals surface area contributed by atoms with Gasteiger partial charge < -0.3 is 0 Å². The van der Waals surface area contributed by atoms with Gasteiger partial charge in [0, 0.05) is 0 Å². The van der Waals surface area contributed by atoms with E-state index in [0.29, 0.717) is 6.04 Å². The fraction of sp³-hybridized carbons (Fsp3) is 0.914. The molecule has 0 aromatic carbocycles. The van der Waals surface area contributed by atoms with Crippen LogP contribution in [0.1, 0.15) is 200 Å². The molecule has 0 bridgehead atoms. The van der Waals surface area contributed by atoms with Crippen LogP contribution in [-0.2, 0) is 6.54 Å². The molecule has 0 radical (unpaired) electrons. The Hall–Kier alpha value is -0.790. The van der Waals surface area contributed by atoms with E-state index in [2.05, 4.69) is 48.6 Å². The molecule has 0 fully saturated rings. The molecule has 1 atom stereocenters. The Labute approximate surface area is 234 Å². The molecule has 0 saturated carbocycles. The van der Waals surface area contributed by atoms with Crippen LogP contribution in [0.4, 0.5) is 0 Å². The van der Waals surface area contributed by atoms with Gasteiger partial charge in [-0.3, -0.25) is 0 Å². The molecule has 218 valence electrons. The van der Waals surface area contributed by atoms with E-state index < -0.39 is 0 Å². The molecular formula is C35H69N2+. The summed E-state index contributed by atoms with van der Waals surface area (Å²) < 4.78 is 4.86. The molecular weight excluding hydrogens is 448 g/mol. The fourth-order valence-electron chi connectivity index (χ4n) is 5.72. The Morgan fingerprint density at radius 3 is 1.24 bits per heavy atom. The molecule has 1 aromatic rings. The monoisotopic (exact) mass is 518 g/mol. The average molecular weight is 518 g/mol. The number of unbranched alkanes of at least 4 members (excludes halogenated alkanes) is 24. The summed E-state index contributed by atoms with van der Waals surface area (Å²) in [6.07, 6.45) is 45.6. The number of hydrogen-bond acceptors (Lipinski definition) is 0. The molecule has 0 aliphatic rings. The van der Waals surface area contributed by atoms with E-state index >= 15 is 0 Å². The Kier molecular flexibility index (Phi) is 24.8. The number of aryl methyl sites for hydroxylation is 1. The van der Waals surface area contributed by atoms with E-state index in [9.17, 15) is 0 Å². The van der Waals surface area contributed by atoms with Crippen LogP contribution in [0, 0.1) is 0 Å². The van der Waals surface area contributed by atoms with E-state index in [1.165, 1.54) is 180 Å². The van der Waals surface area contributed by atoms with Crippen LogP contribution in [0.15, 0.2) is 18.7 Å².